The van der Waals surface area contributed by atoms with Crippen LogP contribution in [0.15, 0.2) is 91.0 Å². The van der Waals surface area contributed by atoms with Gasteiger partial charge >= 0.3 is 0 Å². The molecule has 1 heterocycles. The number of aromatic nitrogens is 1. The molecule has 3 aromatic carbocycles. The van der Waals surface area contributed by atoms with Gasteiger partial charge < -0.3 is 0 Å². The summed E-state index contributed by atoms with van der Waals surface area (Å²) in [5, 5.41) is 0.765. The number of carbonyl (C=O) groups is 2. The molecule has 2 amide bonds. The van der Waals surface area contributed by atoms with Crippen LogP contribution in [0.4, 0.5) is 0 Å². The van der Waals surface area contributed by atoms with Crippen LogP contribution in [-0.2, 0) is 4.79 Å². The van der Waals surface area contributed by atoms with Crippen LogP contribution in [0.5, 0.6) is 0 Å². The van der Waals surface area contributed by atoms with Crippen molar-refractivity contribution in [1.29, 1.82) is 0 Å². The maximum Gasteiger partial charge on any atom is 0.281 e. The molecule has 0 fully saturated rings. The van der Waals surface area contributed by atoms with Crippen LogP contribution in [0.25, 0.3) is 10.6 Å². The van der Waals surface area contributed by atoms with Gasteiger partial charge in [-0.25, -0.2) is 4.98 Å². The molecule has 5 nitrogen and oxygen atoms in total. The molecule has 4 aromatic rings. The van der Waals surface area contributed by atoms with Gasteiger partial charge in [-0.3, -0.25) is 20.4 Å². The molecule has 1 aromatic heterocycles. The van der Waals surface area contributed by atoms with E-state index < -0.39 is 5.92 Å². The van der Waals surface area contributed by atoms with Gasteiger partial charge in [0, 0.05) is 5.56 Å². The monoisotopic (exact) mass is 427 g/mol. The van der Waals surface area contributed by atoms with E-state index in [0.29, 0.717) is 10.6 Å². The van der Waals surface area contributed by atoms with Crippen LogP contribution in [-0.4, -0.2) is 16.8 Å². The number of benzene rings is 3. The van der Waals surface area contributed by atoms with E-state index in [1.54, 1.807) is 6.92 Å². The van der Waals surface area contributed by atoms with Gasteiger partial charge in [0.15, 0.2) is 0 Å². The molecule has 0 spiro atoms. The molecular formula is C25H21N3O2S. The zero-order chi connectivity index (χ0) is 21.6. The van der Waals surface area contributed by atoms with E-state index >= 15 is 0 Å². The first-order valence-corrected chi connectivity index (χ1v) is 10.7. The molecule has 0 bridgehead atoms. The number of hydrogen-bond donors (Lipinski definition) is 2. The van der Waals surface area contributed by atoms with Gasteiger partial charge in [-0.2, -0.15) is 0 Å². The molecule has 6 heteroatoms. The van der Waals surface area contributed by atoms with Crippen molar-refractivity contribution in [3.05, 3.63) is 113 Å². The first kappa shape index (κ1) is 20.5. The van der Waals surface area contributed by atoms with E-state index in [0.717, 1.165) is 21.7 Å². The standard InChI is InChI=1S/C25H21N3O2S/c1-17-22(31-25(26-17)20-15-9-4-10-16-20)24(30)28-27-23(29)21(18-11-5-2-6-12-18)19-13-7-3-8-14-19/h2-16,21H,1H3,(H,27,29)(H,28,30). The predicted molar refractivity (Wildman–Crippen MR) is 123 cm³/mol. The number of nitrogens with one attached hydrogen (secondary N) is 2. The van der Waals surface area contributed by atoms with Crippen molar-refractivity contribution in [3.8, 4) is 10.6 Å². The molecular weight excluding hydrogens is 406 g/mol. The van der Waals surface area contributed by atoms with Crippen molar-refractivity contribution in [2.45, 2.75) is 12.8 Å². The van der Waals surface area contributed by atoms with E-state index in [4.69, 9.17) is 0 Å². The summed E-state index contributed by atoms with van der Waals surface area (Å²) >= 11 is 1.30. The summed E-state index contributed by atoms with van der Waals surface area (Å²) in [5.41, 5.74) is 8.42. The third kappa shape index (κ3) is 4.70. The van der Waals surface area contributed by atoms with E-state index in [1.807, 2.05) is 91.0 Å². The summed E-state index contributed by atoms with van der Waals surface area (Å²) in [6, 6.07) is 28.7. The molecule has 0 aliphatic rings. The third-order valence-corrected chi connectivity index (χ3v) is 6.06. The summed E-state index contributed by atoms with van der Waals surface area (Å²) in [6.45, 7) is 1.79. The Morgan fingerprint density at radius 2 is 1.29 bits per heavy atom. The summed E-state index contributed by atoms with van der Waals surface area (Å²) in [7, 11) is 0. The molecule has 0 unspecified atom stereocenters. The van der Waals surface area contributed by atoms with Crippen molar-refractivity contribution in [2.24, 2.45) is 0 Å². The lowest BCUT2D eigenvalue weighted by Gasteiger charge is -2.18. The molecule has 0 saturated carbocycles. The number of thiazole rings is 1. The maximum atomic E-state index is 13.1. The fourth-order valence-electron chi connectivity index (χ4n) is 3.34. The number of amides is 2. The minimum absolute atomic E-state index is 0.309. The number of aryl methyl sites for hydroxylation is 1. The SMILES string of the molecule is Cc1nc(-c2ccccc2)sc1C(=O)NNC(=O)C(c1ccccc1)c1ccccc1. The van der Waals surface area contributed by atoms with Crippen LogP contribution in [0.3, 0.4) is 0 Å². The molecule has 0 atom stereocenters. The topological polar surface area (TPSA) is 71.1 Å². The zero-order valence-corrected chi connectivity index (χ0v) is 17.7. The second-order valence-electron chi connectivity index (χ2n) is 7.00. The number of nitrogens with zero attached hydrogens (tertiary/aromatic N) is 1. The van der Waals surface area contributed by atoms with Gasteiger partial charge in [0.1, 0.15) is 9.88 Å². The highest BCUT2D eigenvalue weighted by molar-refractivity contribution is 7.17. The number of rotatable bonds is 5. The number of hydrazine groups is 1. The average molecular weight is 428 g/mol. The van der Waals surface area contributed by atoms with Crippen molar-refractivity contribution in [3.63, 3.8) is 0 Å². The lowest BCUT2D eigenvalue weighted by molar-refractivity contribution is -0.122. The largest absolute Gasteiger partial charge is 0.281 e. The zero-order valence-electron chi connectivity index (χ0n) is 16.9. The van der Waals surface area contributed by atoms with Crippen LogP contribution < -0.4 is 10.9 Å². The highest BCUT2D eigenvalue weighted by atomic mass is 32.1. The second-order valence-corrected chi connectivity index (χ2v) is 8.00. The Morgan fingerprint density at radius 3 is 1.84 bits per heavy atom. The van der Waals surface area contributed by atoms with Gasteiger partial charge in [0.05, 0.1) is 11.6 Å². The Balaban J connectivity index is 1.51. The van der Waals surface area contributed by atoms with Gasteiger partial charge in [-0.15, -0.1) is 11.3 Å². The Bertz CT molecular complexity index is 1140. The van der Waals surface area contributed by atoms with Crippen LogP contribution >= 0.6 is 11.3 Å². The Kier molecular flexibility index (Phi) is 6.19. The molecule has 0 saturated heterocycles. The lowest BCUT2D eigenvalue weighted by atomic mass is 9.91. The van der Waals surface area contributed by atoms with E-state index in [2.05, 4.69) is 15.8 Å². The lowest BCUT2D eigenvalue weighted by Crippen LogP contribution is -2.44. The molecule has 0 aliphatic carbocycles. The Morgan fingerprint density at radius 1 is 0.774 bits per heavy atom. The van der Waals surface area contributed by atoms with Crippen molar-refractivity contribution in [2.75, 3.05) is 0 Å². The van der Waals surface area contributed by atoms with Crippen LogP contribution in [0, 0.1) is 6.92 Å². The van der Waals surface area contributed by atoms with Gasteiger partial charge in [0.2, 0.25) is 5.91 Å². The van der Waals surface area contributed by atoms with E-state index in [9.17, 15) is 9.59 Å². The summed E-state index contributed by atoms with van der Waals surface area (Å²) in [6.07, 6.45) is 0. The first-order chi connectivity index (χ1) is 15.1. The van der Waals surface area contributed by atoms with E-state index in [-0.39, 0.29) is 11.8 Å². The molecule has 154 valence electrons. The molecule has 4 rings (SSSR count). The minimum Gasteiger partial charge on any atom is -0.272 e. The fraction of sp³-hybridized carbons (Fsp3) is 0.0800. The average Bonchev–Trinajstić information content (AvgIpc) is 3.21. The predicted octanol–water partition coefficient (Wildman–Crippen LogP) is 4.71. The Labute approximate surface area is 184 Å². The van der Waals surface area contributed by atoms with E-state index in [1.165, 1.54) is 11.3 Å². The molecule has 0 aliphatic heterocycles. The third-order valence-electron chi connectivity index (χ3n) is 4.85. The van der Waals surface area contributed by atoms with Crippen LogP contribution in [0.1, 0.15) is 32.4 Å². The summed E-state index contributed by atoms with van der Waals surface area (Å²) in [5.74, 6) is -1.23. The maximum absolute atomic E-state index is 13.1. The van der Waals surface area contributed by atoms with Crippen molar-refractivity contribution >= 4 is 23.2 Å². The first-order valence-electron chi connectivity index (χ1n) is 9.86. The van der Waals surface area contributed by atoms with Gasteiger partial charge in [-0.05, 0) is 18.1 Å². The Hall–Kier alpha value is -3.77. The number of hydrogen-bond acceptors (Lipinski definition) is 4. The summed E-state index contributed by atoms with van der Waals surface area (Å²) in [4.78, 5) is 30.8. The second kappa shape index (κ2) is 9.36. The van der Waals surface area contributed by atoms with Gasteiger partial charge in [-0.1, -0.05) is 91.0 Å². The van der Waals surface area contributed by atoms with Crippen molar-refractivity contribution in [1.82, 2.24) is 15.8 Å². The van der Waals surface area contributed by atoms with Crippen molar-refractivity contribution < 1.29 is 9.59 Å². The fourth-order valence-corrected chi connectivity index (χ4v) is 4.31. The summed E-state index contributed by atoms with van der Waals surface area (Å²) < 4.78 is 0. The highest BCUT2D eigenvalue weighted by Crippen LogP contribution is 2.28. The molecule has 0 radical (unpaired) electrons. The minimum atomic E-state index is -0.537. The normalized spacial score (nSPS) is 10.6. The quantitative estimate of drug-likeness (QED) is 0.453. The smallest absolute Gasteiger partial charge is 0.272 e. The molecule has 2 N–H and O–H groups in total. The van der Waals surface area contributed by atoms with Crippen LogP contribution in [0.2, 0.25) is 0 Å². The molecule has 31 heavy (non-hydrogen) atoms. The highest BCUT2D eigenvalue weighted by Gasteiger charge is 2.24. The number of carbonyl (C=O) groups excluding carboxylic acids is 2. The van der Waals surface area contributed by atoms with Gasteiger partial charge in [0.25, 0.3) is 5.91 Å².